The Labute approximate surface area is 268 Å². The number of terminal acetylenes is 1. The lowest BCUT2D eigenvalue weighted by atomic mass is 9.95. The number of esters is 1. The summed E-state index contributed by atoms with van der Waals surface area (Å²) in [4.78, 5) is 53.1. The molecule has 2 fully saturated rings. The van der Waals surface area contributed by atoms with Crippen molar-refractivity contribution >= 4 is 39.6 Å². The van der Waals surface area contributed by atoms with Gasteiger partial charge in [-0.3, -0.25) is 14.7 Å². The van der Waals surface area contributed by atoms with Crippen molar-refractivity contribution in [3.8, 4) is 29.4 Å². The first-order valence-corrected chi connectivity index (χ1v) is 15.1. The fourth-order valence-corrected chi connectivity index (χ4v) is 6.18. The predicted molar refractivity (Wildman–Crippen MR) is 170 cm³/mol. The Morgan fingerprint density at radius 2 is 1.85 bits per heavy atom. The number of nitrogens with zero attached hydrogens (tertiary/aromatic N) is 4. The van der Waals surface area contributed by atoms with Crippen LogP contribution in [-0.4, -0.2) is 70.5 Å². The zero-order valence-electron chi connectivity index (χ0n) is 26.5. The zero-order chi connectivity index (χ0) is 33.8. The third-order valence-corrected chi connectivity index (χ3v) is 8.55. The van der Waals surface area contributed by atoms with Crippen LogP contribution in [0.4, 0.5) is 19.4 Å². The number of aromatic nitrogens is 3. The van der Waals surface area contributed by atoms with Crippen molar-refractivity contribution in [3.05, 3.63) is 58.1 Å². The van der Waals surface area contributed by atoms with E-state index in [0.717, 1.165) is 0 Å². The number of nitrogens with one attached hydrogen (secondary N) is 1. The van der Waals surface area contributed by atoms with Crippen molar-refractivity contribution in [2.24, 2.45) is 5.41 Å². The van der Waals surface area contributed by atoms with Crippen molar-refractivity contribution in [2.75, 3.05) is 25.1 Å². The molecule has 244 valence electrons. The van der Waals surface area contributed by atoms with Crippen LogP contribution in [0.25, 0.3) is 32.9 Å². The van der Waals surface area contributed by atoms with Gasteiger partial charge in [-0.05, 0) is 64.1 Å². The molecule has 11 nitrogen and oxygen atoms in total. The maximum Gasteiger partial charge on any atom is 0.412 e. The molecule has 2 bridgehead atoms. The number of hydrogen-bond acceptors (Lipinski definition) is 9. The second-order valence-corrected chi connectivity index (χ2v) is 12.7. The Balaban J connectivity index is 1.45. The quantitative estimate of drug-likeness (QED) is 0.136. The number of halogens is 2. The number of H-pyrrole nitrogens is 1. The van der Waals surface area contributed by atoms with E-state index >= 15 is 4.39 Å². The highest BCUT2D eigenvalue weighted by Gasteiger charge is 2.44. The first-order valence-electron chi connectivity index (χ1n) is 15.1. The van der Waals surface area contributed by atoms with E-state index in [1.807, 2.05) is 4.90 Å². The fraction of sp³-hybridized carbons (Fsp3) is 0.382. The summed E-state index contributed by atoms with van der Waals surface area (Å²) in [6.07, 6.45) is 7.30. The predicted octanol–water partition coefficient (Wildman–Crippen LogP) is 5.13. The largest absolute Gasteiger partial charge is 0.426 e. The van der Waals surface area contributed by atoms with Crippen molar-refractivity contribution in [3.63, 3.8) is 0 Å². The molecule has 6 rings (SSSR count). The summed E-state index contributed by atoms with van der Waals surface area (Å²) < 4.78 is 47.6. The van der Waals surface area contributed by atoms with E-state index in [1.54, 1.807) is 32.6 Å². The van der Waals surface area contributed by atoms with Gasteiger partial charge in [0.05, 0.1) is 34.0 Å². The van der Waals surface area contributed by atoms with Crippen LogP contribution in [0, 0.1) is 29.4 Å². The summed E-state index contributed by atoms with van der Waals surface area (Å²) in [7, 11) is 1.44. The second kappa shape index (κ2) is 11.9. The minimum Gasteiger partial charge on any atom is -0.426 e. The molecule has 2 saturated heterocycles. The number of hydrogen-bond donors (Lipinski definition) is 1. The van der Waals surface area contributed by atoms with Crippen LogP contribution >= 0.6 is 0 Å². The van der Waals surface area contributed by atoms with Crippen LogP contribution < -0.4 is 15.3 Å². The molecule has 47 heavy (non-hydrogen) atoms. The molecular formula is C34H33F2N5O6. The number of pyridine rings is 1. The van der Waals surface area contributed by atoms with E-state index in [0.29, 0.717) is 31.3 Å². The Kier molecular flexibility index (Phi) is 8.09. The lowest BCUT2D eigenvalue weighted by Crippen LogP contribution is -2.56. The molecule has 0 spiro atoms. The van der Waals surface area contributed by atoms with Crippen molar-refractivity contribution < 1.29 is 32.6 Å². The fourth-order valence-electron chi connectivity index (χ4n) is 6.18. The highest BCUT2D eigenvalue weighted by molar-refractivity contribution is 6.03. The molecule has 0 saturated carbocycles. The van der Waals surface area contributed by atoms with Crippen LogP contribution in [-0.2, 0) is 14.3 Å². The number of ether oxygens (including phenoxy) is 3. The third kappa shape index (κ3) is 5.74. The van der Waals surface area contributed by atoms with Crippen molar-refractivity contribution in [2.45, 2.75) is 58.9 Å². The van der Waals surface area contributed by atoms with Crippen LogP contribution in [0.5, 0.6) is 5.75 Å². The Hall–Kier alpha value is -5.09. The average Bonchev–Trinajstić information content (AvgIpc) is 3.29. The topological polar surface area (TPSA) is 127 Å². The lowest BCUT2D eigenvalue weighted by molar-refractivity contribution is -0.142. The normalized spacial score (nSPS) is 18.3. The molecule has 2 aromatic heterocycles. The maximum absolute atomic E-state index is 16.6. The van der Waals surface area contributed by atoms with Gasteiger partial charge < -0.3 is 24.1 Å². The first kappa shape index (κ1) is 31.9. The average molecular weight is 646 g/mol. The van der Waals surface area contributed by atoms with Gasteiger partial charge in [-0.2, -0.15) is 4.98 Å². The van der Waals surface area contributed by atoms with E-state index in [-0.39, 0.29) is 56.8 Å². The summed E-state index contributed by atoms with van der Waals surface area (Å²) in [6.45, 7) is 7.36. The molecule has 2 aliphatic heterocycles. The standard InChI is InChI=1S/C34H33F2N5O6/c1-7-22-25(35)11-8-18-12-21(47-31(42)34(3,4)5)13-23(26(18)22)28-27(36)29-24(14-37-28)30(39-32(43)38-29)40-15-19-9-10-20(16-40)41(19)33(44)46-17(2)45-6/h1,8,11-14,17,19-20H,9-10,15-16H2,2-6H3,(H,38,39,43). The number of rotatable bonds is 5. The Morgan fingerprint density at radius 1 is 1.15 bits per heavy atom. The van der Waals surface area contributed by atoms with Gasteiger partial charge >= 0.3 is 17.8 Å². The maximum atomic E-state index is 16.6. The highest BCUT2D eigenvalue weighted by Crippen LogP contribution is 2.40. The van der Waals surface area contributed by atoms with Gasteiger partial charge in [0, 0.05) is 37.3 Å². The molecular weight excluding hydrogens is 612 g/mol. The highest BCUT2D eigenvalue weighted by atomic mass is 19.1. The number of amides is 1. The number of carbonyl (C=O) groups is 2. The smallest absolute Gasteiger partial charge is 0.412 e. The van der Waals surface area contributed by atoms with Crippen LogP contribution in [0.2, 0.25) is 0 Å². The summed E-state index contributed by atoms with van der Waals surface area (Å²) in [5.41, 5.74) is -2.10. The number of fused-ring (bicyclic) bond motifs is 4. The molecule has 3 unspecified atom stereocenters. The minimum atomic E-state index is -0.908. The SMILES string of the molecule is C#Cc1c(F)ccc2cc(OC(=O)C(C)(C)C)cc(-c3ncc4c(N5CC6CCC(C5)N6C(=O)OC(C)OC)nc(=O)[nH]c4c3F)c12. The van der Waals surface area contributed by atoms with Crippen LogP contribution in [0.15, 0.2) is 35.3 Å². The molecule has 3 atom stereocenters. The molecule has 1 N–H and O–H groups in total. The number of methoxy groups -OCH3 is 1. The van der Waals surface area contributed by atoms with Gasteiger partial charge in [-0.15, -0.1) is 6.42 Å². The summed E-state index contributed by atoms with van der Waals surface area (Å²) >= 11 is 0. The monoisotopic (exact) mass is 645 g/mol. The minimum absolute atomic E-state index is 0.0701. The van der Waals surface area contributed by atoms with E-state index in [2.05, 4.69) is 20.9 Å². The van der Waals surface area contributed by atoms with Gasteiger partial charge in [0.2, 0.25) is 6.29 Å². The molecule has 13 heteroatoms. The number of carbonyl (C=O) groups excluding carboxylic acids is 2. The molecule has 4 aromatic rings. The van der Waals surface area contributed by atoms with Gasteiger partial charge in [-0.25, -0.2) is 18.4 Å². The second-order valence-electron chi connectivity index (χ2n) is 12.7. The Bertz CT molecular complexity index is 2020. The van der Waals surface area contributed by atoms with Crippen LogP contribution in [0.1, 0.15) is 46.1 Å². The summed E-state index contributed by atoms with van der Waals surface area (Å²) in [5, 5.41) is 0.815. The first-order chi connectivity index (χ1) is 22.3. The molecule has 0 aliphatic carbocycles. The number of aromatic amines is 1. The van der Waals surface area contributed by atoms with Crippen LogP contribution in [0.3, 0.4) is 0 Å². The molecule has 4 heterocycles. The molecule has 2 aromatic carbocycles. The summed E-state index contributed by atoms with van der Waals surface area (Å²) in [6, 6.07) is 5.09. The molecule has 0 radical (unpaired) electrons. The van der Waals surface area contributed by atoms with Crippen molar-refractivity contribution in [1.29, 1.82) is 0 Å². The number of piperazine rings is 1. The van der Waals surface area contributed by atoms with Gasteiger partial charge in [0.15, 0.2) is 5.82 Å². The molecule has 1 amide bonds. The molecule has 2 aliphatic rings. The van der Waals surface area contributed by atoms with E-state index in [1.165, 1.54) is 37.6 Å². The Morgan fingerprint density at radius 3 is 2.49 bits per heavy atom. The van der Waals surface area contributed by atoms with Gasteiger partial charge in [0.1, 0.15) is 23.1 Å². The van der Waals surface area contributed by atoms with Crippen molar-refractivity contribution in [1.82, 2.24) is 19.9 Å². The van der Waals surface area contributed by atoms with Gasteiger partial charge in [0.25, 0.3) is 0 Å². The van der Waals surface area contributed by atoms with E-state index < -0.39 is 41.1 Å². The van der Waals surface area contributed by atoms with E-state index in [4.69, 9.17) is 20.6 Å². The van der Waals surface area contributed by atoms with E-state index in [9.17, 15) is 18.8 Å². The zero-order valence-corrected chi connectivity index (χ0v) is 26.5. The lowest BCUT2D eigenvalue weighted by Gasteiger charge is -2.41. The van der Waals surface area contributed by atoms with Gasteiger partial charge in [-0.1, -0.05) is 12.0 Å². The third-order valence-electron chi connectivity index (χ3n) is 8.55. The number of benzene rings is 2. The number of anilines is 1. The summed E-state index contributed by atoms with van der Waals surface area (Å²) in [5.74, 6) is 0.491.